The van der Waals surface area contributed by atoms with Gasteiger partial charge in [0.2, 0.25) is 0 Å². The van der Waals surface area contributed by atoms with Crippen molar-refractivity contribution in [3.8, 4) is 0 Å². The first-order chi connectivity index (χ1) is 9.26. The molecular formula is C15H28N4. The lowest BCUT2D eigenvalue weighted by Crippen LogP contribution is -2.30. The Morgan fingerprint density at radius 2 is 1.84 bits per heavy atom. The Morgan fingerprint density at radius 1 is 1.11 bits per heavy atom. The van der Waals surface area contributed by atoms with Crippen molar-refractivity contribution in [2.75, 3.05) is 37.6 Å². The first kappa shape index (κ1) is 15.9. The molecule has 0 aliphatic rings. The molecule has 1 aromatic heterocycles. The van der Waals surface area contributed by atoms with Gasteiger partial charge in [0.1, 0.15) is 0 Å². The maximum Gasteiger partial charge on any atom is 0.0772 e. The van der Waals surface area contributed by atoms with Gasteiger partial charge in [-0.15, -0.1) is 0 Å². The predicted molar refractivity (Wildman–Crippen MR) is 82.4 cm³/mol. The largest absolute Gasteiger partial charge is 0.370 e. The Kier molecular flexibility index (Phi) is 7.45. The lowest BCUT2D eigenvalue weighted by Gasteiger charge is -2.26. The van der Waals surface area contributed by atoms with Gasteiger partial charge in [-0.25, -0.2) is 0 Å². The highest BCUT2D eigenvalue weighted by Crippen LogP contribution is 2.17. The van der Waals surface area contributed by atoms with E-state index in [1.165, 1.54) is 12.1 Å². The zero-order valence-corrected chi connectivity index (χ0v) is 12.6. The molecule has 0 atom stereocenters. The molecule has 0 aromatic carbocycles. The van der Waals surface area contributed by atoms with Gasteiger partial charge < -0.3 is 15.5 Å². The number of aromatic nitrogens is 1. The summed E-state index contributed by atoms with van der Waals surface area (Å²) in [6.07, 6.45) is 2.99. The van der Waals surface area contributed by atoms with Crippen molar-refractivity contribution in [1.82, 2.24) is 9.88 Å². The van der Waals surface area contributed by atoms with Gasteiger partial charge in [-0.1, -0.05) is 13.8 Å². The highest BCUT2D eigenvalue weighted by molar-refractivity contribution is 5.50. The van der Waals surface area contributed by atoms with E-state index in [-0.39, 0.29) is 0 Å². The van der Waals surface area contributed by atoms with E-state index in [1.54, 1.807) is 0 Å². The molecule has 0 unspecified atom stereocenters. The monoisotopic (exact) mass is 264 g/mol. The van der Waals surface area contributed by atoms with Gasteiger partial charge in [-0.2, -0.15) is 0 Å². The molecule has 0 bridgehead atoms. The van der Waals surface area contributed by atoms with Crippen LogP contribution < -0.4 is 10.6 Å². The predicted octanol–water partition coefficient (Wildman–Crippen LogP) is 2.10. The van der Waals surface area contributed by atoms with E-state index in [0.717, 1.165) is 38.4 Å². The number of hydrogen-bond acceptors (Lipinski definition) is 4. The Balaban J connectivity index is 2.58. The maximum atomic E-state index is 5.77. The molecule has 0 saturated heterocycles. The van der Waals surface area contributed by atoms with Crippen LogP contribution in [-0.4, -0.2) is 42.6 Å². The number of anilines is 1. The van der Waals surface area contributed by atoms with Crippen molar-refractivity contribution in [2.24, 2.45) is 5.73 Å². The van der Waals surface area contributed by atoms with Gasteiger partial charge >= 0.3 is 0 Å². The van der Waals surface area contributed by atoms with E-state index in [4.69, 9.17) is 5.73 Å². The Hall–Kier alpha value is -1.13. The second-order valence-corrected chi connectivity index (χ2v) is 4.63. The van der Waals surface area contributed by atoms with Crippen LogP contribution in [-0.2, 0) is 6.54 Å². The van der Waals surface area contributed by atoms with Crippen LogP contribution in [0.2, 0.25) is 0 Å². The molecule has 0 radical (unpaired) electrons. The Bertz CT molecular complexity index is 350. The van der Waals surface area contributed by atoms with E-state index in [9.17, 15) is 0 Å². The topological polar surface area (TPSA) is 45.4 Å². The van der Waals surface area contributed by atoms with Gasteiger partial charge in [-0.05, 0) is 45.1 Å². The van der Waals surface area contributed by atoms with Crippen LogP contribution in [0, 0.1) is 0 Å². The lowest BCUT2D eigenvalue weighted by atomic mass is 10.2. The minimum absolute atomic E-state index is 0.503. The van der Waals surface area contributed by atoms with Crippen LogP contribution in [0.25, 0.3) is 0 Å². The summed E-state index contributed by atoms with van der Waals surface area (Å²) >= 11 is 0. The third-order valence-electron chi connectivity index (χ3n) is 3.58. The van der Waals surface area contributed by atoms with Crippen LogP contribution in [0.5, 0.6) is 0 Å². The summed E-state index contributed by atoms with van der Waals surface area (Å²) in [4.78, 5) is 9.20. The summed E-state index contributed by atoms with van der Waals surface area (Å²) in [5, 5.41) is 0. The highest BCUT2D eigenvalue weighted by Gasteiger charge is 2.09. The SMILES string of the molecule is CCN(CC)CCCN(CC)c1cccnc1CN. The third-order valence-corrected chi connectivity index (χ3v) is 3.58. The van der Waals surface area contributed by atoms with Gasteiger partial charge in [0.25, 0.3) is 0 Å². The summed E-state index contributed by atoms with van der Waals surface area (Å²) < 4.78 is 0. The molecule has 19 heavy (non-hydrogen) atoms. The summed E-state index contributed by atoms with van der Waals surface area (Å²) in [5.41, 5.74) is 7.95. The van der Waals surface area contributed by atoms with Crippen molar-refractivity contribution >= 4 is 5.69 Å². The fraction of sp³-hybridized carbons (Fsp3) is 0.667. The summed E-state index contributed by atoms with van der Waals surface area (Å²) in [6.45, 7) is 12.6. The van der Waals surface area contributed by atoms with Gasteiger partial charge in [-0.3, -0.25) is 4.98 Å². The fourth-order valence-corrected chi connectivity index (χ4v) is 2.35. The number of rotatable bonds is 9. The third kappa shape index (κ3) is 4.80. The van der Waals surface area contributed by atoms with Crippen LogP contribution in [0.4, 0.5) is 5.69 Å². The second kappa shape index (κ2) is 8.88. The minimum Gasteiger partial charge on any atom is -0.370 e. The number of nitrogens with two attached hydrogens (primary N) is 1. The van der Waals surface area contributed by atoms with Gasteiger partial charge in [0, 0.05) is 25.8 Å². The molecule has 0 saturated carbocycles. The van der Waals surface area contributed by atoms with Crippen molar-refractivity contribution in [1.29, 1.82) is 0 Å². The highest BCUT2D eigenvalue weighted by atomic mass is 15.1. The number of nitrogens with zero attached hydrogens (tertiary/aromatic N) is 3. The van der Waals surface area contributed by atoms with E-state index < -0.39 is 0 Å². The van der Waals surface area contributed by atoms with Crippen LogP contribution >= 0.6 is 0 Å². The maximum absolute atomic E-state index is 5.77. The molecule has 1 aromatic rings. The molecule has 4 nitrogen and oxygen atoms in total. The molecule has 4 heteroatoms. The molecule has 2 N–H and O–H groups in total. The molecule has 108 valence electrons. The van der Waals surface area contributed by atoms with Crippen molar-refractivity contribution in [2.45, 2.75) is 33.7 Å². The average Bonchev–Trinajstić information content (AvgIpc) is 2.48. The summed E-state index contributed by atoms with van der Waals surface area (Å²) in [6, 6.07) is 4.11. The second-order valence-electron chi connectivity index (χ2n) is 4.63. The van der Waals surface area contributed by atoms with Crippen molar-refractivity contribution in [3.05, 3.63) is 24.0 Å². The minimum atomic E-state index is 0.503. The molecular weight excluding hydrogens is 236 g/mol. The molecule has 0 fully saturated rings. The van der Waals surface area contributed by atoms with E-state index in [0.29, 0.717) is 6.54 Å². The van der Waals surface area contributed by atoms with E-state index in [2.05, 4.69) is 41.6 Å². The molecule has 1 rings (SSSR count). The molecule has 1 heterocycles. The molecule has 0 amide bonds. The van der Waals surface area contributed by atoms with E-state index >= 15 is 0 Å². The Morgan fingerprint density at radius 3 is 2.42 bits per heavy atom. The molecule has 0 spiro atoms. The van der Waals surface area contributed by atoms with Crippen molar-refractivity contribution < 1.29 is 0 Å². The summed E-state index contributed by atoms with van der Waals surface area (Å²) in [5.74, 6) is 0. The van der Waals surface area contributed by atoms with Crippen molar-refractivity contribution in [3.63, 3.8) is 0 Å². The molecule has 0 aliphatic carbocycles. The van der Waals surface area contributed by atoms with E-state index in [1.807, 2.05) is 12.3 Å². The zero-order chi connectivity index (χ0) is 14.1. The quantitative estimate of drug-likeness (QED) is 0.742. The zero-order valence-electron chi connectivity index (χ0n) is 12.6. The van der Waals surface area contributed by atoms with Gasteiger partial charge in [0.15, 0.2) is 0 Å². The molecule has 0 aliphatic heterocycles. The normalized spacial score (nSPS) is 11.0. The van der Waals surface area contributed by atoms with Crippen LogP contribution in [0.1, 0.15) is 32.9 Å². The Labute approximate surface area is 117 Å². The first-order valence-electron chi connectivity index (χ1n) is 7.38. The van der Waals surface area contributed by atoms with Crippen LogP contribution in [0.3, 0.4) is 0 Å². The smallest absolute Gasteiger partial charge is 0.0772 e. The number of pyridine rings is 1. The fourth-order valence-electron chi connectivity index (χ4n) is 2.35. The number of hydrogen-bond donors (Lipinski definition) is 1. The van der Waals surface area contributed by atoms with Crippen LogP contribution in [0.15, 0.2) is 18.3 Å². The van der Waals surface area contributed by atoms with Gasteiger partial charge in [0.05, 0.1) is 11.4 Å². The summed E-state index contributed by atoms with van der Waals surface area (Å²) in [7, 11) is 0. The lowest BCUT2D eigenvalue weighted by molar-refractivity contribution is 0.300. The average molecular weight is 264 g/mol. The standard InChI is InChI=1S/C15H28N4/c1-4-18(5-2)11-8-12-19(6-3)15-9-7-10-17-14(15)13-16/h7,9-10H,4-6,8,11-13,16H2,1-3H3. The first-order valence-corrected chi connectivity index (χ1v) is 7.38.